The number of carbonyl (C=O) groups is 3. The lowest BCUT2D eigenvalue weighted by Gasteiger charge is -2.34. The lowest BCUT2D eigenvalue weighted by molar-refractivity contribution is -0.144. The molecule has 0 saturated carbocycles. The fourth-order valence-electron chi connectivity index (χ4n) is 3.56. The third kappa shape index (κ3) is 5.78. The van der Waals surface area contributed by atoms with Crippen LogP contribution in [0.2, 0.25) is 0 Å². The molecule has 154 valence electrons. The highest BCUT2D eigenvalue weighted by molar-refractivity contribution is 5.86. The maximum Gasteiger partial charge on any atom is 0.242 e. The summed E-state index contributed by atoms with van der Waals surface area (Å²) >= 11 is 0. The van der Waals surface area contributed by atoms with Crippen LogP contribution in [0.5, 0.6) is 0 Å². The third-order valence-corrected chi connectivity index (χ3v) is 5.26. The summed E-state index contributed by atoms with van der Waals surface area (Å²) in [4.78, 5) is 42.5. The Kier molecular flexibility index (Phi) is 7.96. The minimum Gasteiger partial charge on any atom is -0.342 e. The monoisotopic (exact) mass is 391 g/mol. The Hall–Kier alpha value is -2.44. The summed E-state index contributed by atoms with van der Waals surface area (Å²) in [7, 11) is 1.64. The Morgan fingerprint density at radius 2 is 1.79 bits per heavy atom. The number of hydrogen-bond acceptors (Lipinski definition) is 3. The second-order valence-corrected chi connectivity index (χ2v) is 7.24. The van der Waals surface area contributed by atoms with Crippen LogP contribution in [-0.2, 0) is 20.8 Å². The van der Waals surface area contributed by atoms with E-state index >= 15 is 0 Å². The number of likely N-dealkylation sites (N-methyl/N-ethyl adjacent to an activating group) is 2. The van der Waals surface area contributed by atoms with Gasteiger partial charge in [-0.05, 0) is 44.4 Å². The highest BCUT2D eigenvalue weighted by Crippen LogP contribution is 2.20. The van der Waals surface area contributed by atoms with Crippen molar-refractivity contribution in [3.63, 3.8) is 0 Å². The Labute approximate surface area is 166 Å². The molecule has 0 aromatic heterocycles. The normalized spacial score (nSPS) is 16.6. The van der Waals surface area contributed by atoms with Crippen LogP contribution in [0.4, 0.5) is 4.39 Å². The van der Waals surface area contributed by atoms with Crippen LogP contribution in [0.1, 0.15) is 32.3 Å². The van der Waals surface area contributed by atoms with Crippen LogP contribution in [0, 0.1) is 11.7 Å². The molecule has 0 spiro atoms. The predicted octanol–water partition coefficient (Wildman–Crippen LogP) is 1.93. The van der Waals surface area contributed by atoms with Gasteiger partial charge in [0, 0.05) is 33.2 Å². The maximum atomic E-state index is 13.0. The quantitative estimate of drug-likeness (QED) is 0.714. The van der Waals surface area contributed by atoms with Crippen LogP contribution >= 0.6 is 0 Å². The molecule has 1 fully saturated rings. The molecule has 0 N–H and O–H groups in total. The molecule has 3 amide bonds. The van der Waals surface area contributed by atoms with E-state index in [1.54, 1.807) is 29.0 Å². The zero-order valence-corrected chi connectivity index (χ0v) is 17.0. The first-order valence-corrected chi connectivity index (χ1v) is 9.90. The van der Waals surface area contributed by atoms with Gasteiger partial charge in [0.2, 0.25) is 17.7 Å². The second kappa shape index (κ2) is 10.2. The van der Waals surface area contributed by atoms with Crippen molar-refractivity contribution in [2.45, 2.75) is 33.1 Å². The van der Waals surface area contributed by atoms with Gasteiger partial charge in [0.1, 0.15) is 5.82 Å². The van der Waals surface area contributed by atoms with Gasteiger partial charge in [-0.25, -0.2) is 4.39 Å². The van der Waals surface area contributed by atoms with Gasteiger partial charge in [0.15, 0.2) is 0 Å². The van der Waals surface area contributed by atoms with Crippen LogP contribution in [-0.4, -0.2) is 72.2 Å². The molecule has 1 heterocycles. The van der Waals surface area contributed by atoms with E-state index in [0.717, 1.165) is 12.0 Å². The molecule has 1 saturated heterocycles. The van der Waals surface area contributed by atoms with Crippen molar-refractivity contribution in [3.8, 4) is 0 Å². The Balaban J connectivity index is 1.92. The molecule has 0 bridgehead atoms. The van der Waals surface area contributed by atoms with Gasteiger partial charge in [-0.3, -0.25) is 14.4 Å². The molecule has 1 aromatic carbocycles. The standard InChI is InChI=1S/C21H30FN3O3/c1-4-24(5-2)20(27)15-23(3)21(28)17-7-6-12-25(14-17)19(26)13-16-8-10-18(22)11-9-16/h8-11,17H,4-7,12-15H2,1-3H3. The topological polar surface area (TPSA) is 60.9 Å². The lowest BCUT2D eigenvalue weighted by Crippen LogP contribution is -2.48. The average molecular weight is 391 g/mol. The van der Waals surface area contributed by atoms with Crippen molar-refractivity contribution in [2.24, 2.45) is 5.92 Å². The minimum atomic E-state index is -0.331. The van der Waals surface area contributed by atoms with E-state index < -0.39 is 0 Å². The van der Waals surface area contributed by atoms with E-state index in [9.17, 15) is 18.8 Å². The van der Waals surface area contributed by atoms with Gasteiger partial charge < -0.3 is 14.7 Å². The molecular weight excluding hydrogens is 361 g/mol. The summed E-state index contributed by atoms with van der Waals surface area (Å²) in [6.45, 7) is 6.10. The van der Waals surface area contributed by atoms with E-state index in [1.807, 2.05) is 13.8 Å². The van der Waals surface area contributed by atoms with Gasteiger partial charge in [-0.1, -0.05) is 12.1 Å². The third-order valence-electron chi connectivity index (χ3n) is 5.26. The summed E-state index contributed by atoms with van der Waals surface area (Å²) < 4.78 is 13.0. The minimum absolute atomic E-state index is 0.0561. The molecule has 1 aromatic rings. The SMILES string of the molecule is CCN(CC)C(=O)CN(C)C(=O)C1CCCN(C(=O)Cc2ccc(F)cc2)C1. The largest absolute Gasteiger partial charge is 0.342 e. The number of rotatable bonds is 7. The molecule has 1 aliphatic heterocycles. The molecule has 0 radical (unpaired) electrons. The highest BCUT2D eigenvalue weighted by Gasteiger charge is 2.31. The molecule has 1 aliphatic rings. The molecule has 0 aliphatic carbocycles. The number of benzene rings is 1. The predicted molar refractivity (Wildman–Crippen MR) is 105 cm³/mol. The van der Waals surface area contributed by atoms with E-state index in [2.05, 4.69) is 0 Å². The number of nitrogens with zero attached hydrogens (tertiary/aromatic N) is 3. The fourth-order valence-corrected chi connectivity index (χ4v) is 3.56. The average Bonchev–Trinajstić information content (AvgIpc) is 2.70. The first-order chi connectivity index (χ1) is 13.3. The van der Waals surface area contributed by atoms with Crippen molar-refractivity contribution in [2.75, 3.05) is 39.8 Å². The number of halogens is 1. The Bertz CT molecular complexity index is 689. The van der Waals surface area contributed by atoms with Crippen molar-refractivity contribution < 1.29 is 18.8 Å². The summed E-state index contributed by atoms with van der Waals surface area (Å²) in [5.41, 5.74) is 0.752. The van der Waals surface area contributed by atoms with Gasteiger partial charge in [0.25, 0.3) is 0 Å². The van der Waals surface area contributed by atoms with Gasteiger partial charge in [-0.2, -0.15) is 0 Å². The fraction of sp³-hybridized carbons (Fsp3) is 0.571. The summed E-state index contributed by atoms with van der Waals surface area (Å²) in [6.07, 6.45) is 1.66. The van der Waals surface area contributed by atoms with Crippen LogP contribution in [0.25, 0.3) is 0 Å². The maximum absolute atomic E-state index is 13.0. The smallest absolute Gasteiger partial charge is 0.242 e. The molecule has 1 unspecified atom stereocenters. The van der Waals surface area contributed by atoms with Crippen molar-refractivity contribution in [3.05, 3.63) is 35.6 Å². The number of likely N-dealkylation sites (tertiary alicyclic amines) is 1. The van der Waals surface area contributed by atoms with E-state index in [0.29, 0.717) is 32.6 Å². The first kappa shape index (κ1) is 21.9. The first-order valence-electron chi connectivity index (χ1n) is 9.90. The van der Waals surface area contributed by atoms with Gasteiger partial charge in [-0.15, -0.1) is 0 Å². The lowest BCUT2D eigenvalue weighted by atomic mass is 9.96. The van der Waals surface area contributed by atoms with Crippen molar-refractivity contribution >= 4 is 17.7 Å². The zero-order valence-electron chi connectivity index (χ0n) is 17.0. The van der Waals surface area contributed by atoms with Gasteiger partial charge >= 0.3 is 0 Å². The number of amides is 3. The molecule has 28 heavy (non-hydrogen) atoms. The van der Waals surface area contributed by atoms with Crippen LogP contribution < -0.4 is 0 Å². The Morgan fingerprint density at radius 1 is 1.14 bits per heavy atom. The summed E-state index contributed by atoms with van der Waals surface area (Å²) in [5.74, 6) is -0.853. The van der Waals surface area contributed by atoms with E-state index in [4.69, 9.17) is 0 Å². The molecule has 6 nitrogen and oxygen atoms in total. The molecule has 1 atom stereocenters. The number of hydrogen-bond donors (Lipinski definition) is 0. The Morgan fingerprint density at radius 3 is 2.39 bits per heavy atom. The van der Waals surface area contributed by atoms with Gasteiger partial charge in [0.05, 0.1) is 18.9 Å². The second-order valence-electron chi connectivity index (χ2n) is 7.24. The molecule has 2 rings (SSSR count). The summed E-state index contributed by atoms with van der Waals surface area (Å²) in [5, 5.41) is 0. The highest BCUT2D eigenvalue weighted by atomic mass is 19.1. The molecular formula is C21H30FN3O3. The van der Waals surface area contributed by atoms with Crippen LogP contribution in [0.3, 0.4) is 0 Å². The zero-order chi connectivity index (χ0) is 20.7. The number of carbonyl (C=O) groups excluding carboxylic acids is 3. The number of piperidine rings is 1. The van der Waals surface area contributed by atoms with Crippen LogP contribution in [0.15, 0.2) is 24.3 Å². The van der Waals surface area contributed by atoms with E-state index in [1.165, 1.54) is 17.0 Å². The molecule has 7 heteroatoms. The summed E-state index contributed by atoms with van der Waals surface area (Å²) in [6, 6.07) is 5.89. The van der Waals surface area contributed by atoms with Crippen molar-refractivity contribution in [1.29, 1.82) is 0 Å². The van der Waals surface area contributed by atoms with E-state index in [-0.39, 0.29) is 42.4 Å². The van der Waals surface area contributed by atoms with Crippen molar-refractivity contribution in [1.82, 2.24) is 14.7 Å².